The molecule has 0 saturated carbocycles. The summed E-state index contributed by atoms with van der Waals surface area (Å²) < 4.78 is 13.7. The first-order chi connectivity index (χ1) is 8.72. The summed E-state index contributed by atoms with van der Waals surface area (Å²) in [5, 5.41) is 0.550. The third-order valence-electron chi connectivity index (χ3n) is 2.76. The molecule has 1 aromatic carbocycles. The lowest BCUT2D eigenvalue weighted by Crippen LogP contribution is -2.30. The SMILES string of the molecule is NNC(Cc1ccncc1Cl)c1ccccc1F. The van der Waals surface area contributed by atoms with Crippen LogP contribution in [0.5, 0.6) is 0 Å². The van der Waals surface area contributed by atoms with Gasteiger partial charge in [0.05, 0.1) is 11.1 Å². The zero-order valence-electron chi connectivity index (χ0n) is 9.61. The minimum Gasteiger partial charge on any atom is -0.271 e. The Morgan fingerprint density at radius 3 is 2.78 bits per heavy atom. The van der Waals surface area contributed by atoms with E-state index in [4.69, 9.17) is 17.4 Å². The van der Waals surface area contributed by atoms with Crippen molar-refractivity contribution in [3.63, 3.8) is 0 Å². The van der Waals surface area contributed by atoms with Crippen LogP contribution in [0.25, 0.3) is 0 Å². The molecule has 0 fully saturated rings. The van der Waals surface area contributed by atoms with Gasteiger partial charge in [0.1, 0.15) is 5.82 Å². The predicted octanol–water partition coefficient (Wildman–Crippen LogP) is 2.62. The van der Waals surface area contributed by atoms with Gasteiger partial charge in [-0.05, 0) is 24.1 Å². The Hall–Kier alpha value is -1.49. The highest BCUT2D eigenvalue weighted by Gasteiger charge is 2.15. The number of benzene rings is 1. The van der Waals surface area contributed by atoms with Crippen LogP contribution in [0.15, 0.2) is 42.7 Å². The number of aromatic nitrogens is 1. The third-order valence-corrected chi connectivity index (χ3v) is 3.10. The van der Waals surface area contributed by atoms with Gasteiger partial charge in [0.2, 0.25) is 0 Å². The van der Waals surface area contributed by atoms with E-state index in [1.807, 2.05) is 0 Å². The highest BCUT2D eigenvalue weighted by atomic mass is 35.5. The van der Waals surface area contributed by atoms with Crippen LogP contribution in [-0.2, 0) is 6.42 Å². The first-order valence-corrected chi connectivity index (χ1v) is 5.89. The van der Waals surface area contributed by atoms with Crippen molar-refractivity contribution in [1.29, 1.82) is 0 Å². The lowest BCUT2D eigenvalue weighted by molar-refractivity contribution is 0.510. The van der Waals surface area contributed by atoms with Crippen molar-refractivity contribution in [2.24, 2.45) is 5.84 Å². The second-order valence-corrected chi connectivity index (χ2v) is 4.32. The van der Waals surface area contributed by atoms with Crippen LogP contribution in [0.4, 0.5) is 4.39 Å². The zero-order valence-corrected chi connectivity index (χ0v) is 10.4. The van der Waals surface area contributed by atoms with Crippen molar-refractivity contribution in [2.75, 3.05) is 0 Å². The maximum absolute atomic E-state index is 13.7. The molecule has 1 aromatic heterocycles. The fourth-order valence-corrected chi connectivity index (χ4v) is 2.00. The quantitative estimate of drug-likeness (QED) is 0.660. The van der Waals surface area contributed by atoms with E-state index in [0.717, 1.165) is 5.56 Å². The molecular formula is C13H13ClFN3. The van der Waals surface area contributed by atoms with E-state index < -0.39 is 0 Å². The molecule has 0 aliphatic carbocycles. The Bertz CT molecular complexity index is 533. The summed E-state index contributed by atoms with van der Waals surface area (Å²) in [5.74, 6) is 5.21. The van der Waals surface area contributed by atoms with Crippen molar-refractivity contribution < 1.29 is 4.39 Å². The number of hydrazine groups is 1. The zero-order chi connectivity index (χ0) is 13.0. The maximum atomic E-state index is 13.7. The van der Waals surface area contributed by atoms with E-state index in [2.05, 4.69) is 10.4 Å². The van der Waals surface area contributed by atoms with Crippen LogP contribution in [0, 0.1) is 5.82 Å². The van der Waals surface area contributed by atoms with Gasteiger partial charge in [0.25, 0.3) is 0 Å². The highest BCUT2D eigenvalue weighted by molar-refractivity contribution is 6.31. The van der Waals surface area contributed by atoms with Gasteiger partial charge in [-0.1, -0.05) is 29.8 Å². The van der Waals surface area contributed by atoms with Gasteiger partial charge in [-0.25, -0.2) is 4.39 Å². The number of hydrogen-bond acceptors (Lipinski definition) is 3. The minimum atomic E-state index is -0.328. The van der Waals surface area contributed by atoms with Crippen molar-refractivity contribution in [2.45, 2.75) is 12.5 Å². The second kappa shape index (κ2) is 5.91. The average molecular weight is 266 g/mol. The van der Waals surface area contributed by atoms with Gasteiger partial charge in [-0.15, -0.1) is 0 Å². The molecule has 0 bridgehead atoms. The molecule has 3 nitrogen and oxygen atoms in total. The van der Waals surface area contributed by atoms with E-state index in [0.29, 0.717) is 17.0 Å². The molecule has 0 spiro atoms. The molecule has 1 atom stereocenters. The Labute approximate surface area is 110 Å². The van der Waals surface area contributed by atoms with Crippen molar-refractivity contribution in [3.8, 4) is 0 Å². The van der Waals surface area contributed by atoms with E-state index >= 15 is 0 Å². The van der Waals surface area contributed by atoms with Gasteiger partial charge in [-0.3, -0.25) is 16.3 Å². The Kier molecular flexibility index (Phi) is 4.25. The topological polar surface area (TPSA) is 50.9 Å². The molecule has 0 aliphatic rings. The molecular weight excluding hydrogens is 253 g/mol. The fourth-order valence-electron chi connectivity index (χ4n) is 1.81. The molecule has 2 rings (SSSR count). The lowest BCUT2D eigenvalue weighted by Gasteiger charge is -2.17. The van der Waals surface area contributed by atoms with E-state index in [9.17, 15) is 4.39 Å². The Morgan fingerprint density at radius 2 is 2.11 bits per heavy atom. The standard InChI is InChI=1S/C13H13ClFN3/c14-11-8-17-6-5-9(11)7-13(18-16)10-3-1-2-4-12(10)15/h1-6,8,13,18H,7,16H2. The summed E-state index contributed by atoms with van der Waals surface area (Å²) >= 11 is 6.03. The van der Waals surface area contributed by atoms with Crippen molar-refractivity contribution >= 4 is 11.6 Å². The molecule has 18 heavy (non-hydrogen) atoms. The van der Waals surface area contributed by atoms with Gasteiger partial charge in [-0.2, -0.15) is 0 Å². The van der Waals surface area contributed by atoms with Crippen molar-refractivity contribution in [3.05, 3.63) is 64.7 Å². The van der Waals surface area contributed by atoms with Gasteiger partial charge >= 0.3 is 0 Å². The van der Waals surface area contributed by atoms with Crippen LogP contribution in [0.3, 0.4) is 0 Å². The lowest BCUT2D eigenvalue weighted by atomic mass is 9.99. The minimum absolute atomic E-state index is 0.286. The number of pyridine rings is 1. The molecule has 3 N–H and O–H groups in total. The fraction of sp³-hybridized carbons (Fsp3) is 0.154. The third kappa shape index (κ3) is 2.85. The molecule has 1 unspecified atom stereocenters. The molecule has 0 amide bonds. The summed E-state index contributed by atoms with van der Waals surface area (Å²) in [7, 11) is 0. The van der Waals surface area contributed by atoms with Crippen molar-refractivity contribution in [1.82, 2.24) is 10.4 Å². The summed E-state index contributed by atoms with van der Waals surface area (Å²) in [4.78, 5) is 3.91. The number of nitrogens with two attached hydrogens (primary N) is 1. The molecule has 0 radical (unpaired) electrons. The molecule has 94 valence electrons. The number of nitrogens with zero attached hydrogens (tertiary/aromatic N) is 1. The summed E-state index contributed by atoms with van der Waals surface area (Å²) in [6.45, 7) is 0. The van der Waals surface area contributed by atoms with Gasteiger partial charge in [0.15, 0.2) is 0 Å². The Balaban J connectivity index is 2.26. The number of hydrogen-bond donors (Lipinski definition) is 2. The predicted molar refractivity (Wildman–Crippen MR) is 69.4 cm³/mol. The monoisotopic (exact) mass is 265 g/mol. The largest absolute Gasteiger partial charge is 0.271 e. The smallest absolute Gasteiger partial charge is 0.128 e. The normalized spacial score (nSPS) is 12.4. The molecule has 0 saturated heterocycles. The molecule has 5 heteroatoms. The number of halogens is 2. The highest BCUT2D eigenvalue weighted by Crippen LogP contribution is 2.23. The van der Waals surface area contributed by atoms with Gasteiger partial charge in [0, 0.05) is 18.0 Å². The maximum Gasteiger partial charge on any atom is 0.128 e. The Morgan fingerprint density at radius 1 is 1.33 bits per heavy atom. The number of nitrogens with one attached hydrogen (secondary N) is 1. The first-order valence-electron chi connectivity index (χ1n) is 5.51. The molecule has 1 heterocycles. The van der Waals surface area contributed by atoms with Crippen LogP contribution in [-0.4, -0.2) is 4.98 Å². The van der Waals surface area contributed by atoms with Crippen LogP contribution in [0.2, 0.25) is 5.02 Å². The molecule has 2 aromatic rings. The first kappa shape index (κ1) is 13.0. The van der Waals surface area contributed by atoms with Gasteiger partial charge < -0.3 is 0 Å². The van der Waals surface area contributed by atoms with Crippen LogP contribution in [0.1, 0.15) is 17.2 Å². The summed E-state index contributed by atoms with van der Waals surface area (Å²) in [5.41, 5.74) is 4.01. The average Bonchev–Trinajstić information content (AvgIpc) is 2.39. The van der Waals surface area contributed by atoms with Crippen LogP contribution >= 0.6 is 11.6 Å². The van der Waals surface area contributed by atoms with E-state index in [1.54, 1.807) is 36.7 Å². The second-order valence-electron chi connectivity index (χ2n) is 3.91. The summed E-state index contributed by atoms with van der Waals surface area (Å²) in [6.07, 6.45) is 3.71. The molecule has 0 aliphatic heterocycles. The number of rotatable bonds is 4. The van der Waals surface area contributed by atoms with E-state index in [-0.39, 0.29) is 11.9 Å². The van der Waals surface area contributed by atoms with E-state index in [1.165, 1.54) is 6.07 Å². The van der Waals surface area contributed by atoms with Crippen LogP contribution < -0.4 is 11.3 Å². The summed E-state index contributed by atoms with van der Waals surface area (Å²) in [6, 6.07) is 8.00.